The first-order chi connectivity index (χ1) is 12.0. The van der Waals surface area contributed by atoms with Crippen LogP contribution in [-0.2, 0) is 11.3 Å². The molecule has 130 valence electrons. The molecule has 0 N–H and O–H groups in total. The fourth-order valence-electron chi connectivity index (χ4n) is 2.79. The summed E-state index contributed by atoms with van der Waals surface area (Å²) in [6.07, 6.45) is 1.90. The molecule has 0 fully saturated rings. The van der Waals surface area contributed by atoms with Gasteiger partial charge in [-0.15, -0.1) is 0 Å². The molecule has 5 heteroatoms. The Labute approximate surface area is 145 Å². The van der Waals surface area contributed by atoms with E-state index in [1.807, 2.05) is 36.7 Å². The lowest BCUT2D eigenvalue weighted by Gasteiger charge is -2.15. The lowest BCUT2D eigenvalue weighted by atomic mass is 10.1. The first-order valence-electron chi connectivity index (χ1n) is 8.10. The maximum Gasteiger partial charge on any atom is 0.337 e. The van der Waals surface area contributed by atoms with Crippen molar-refractivity contribution >= 4 is 16.9 Å². The van der Waals surface area contributed by atoms with Gasteiger partial charge < -0.3 is 14.0 Å². The number of carbonyl (C=O) groups excluding carboxylic acids is 1. The molecule has 3 rings (SSSR count). The smallest absolute Gasteiger partial charge is 0.337 e. The Morgan fingerprint density at radius 2 is 1.96 bits per heavy atom. The summed E-state index contributed by atoms with van der Waals surface area (Å²) in [4.78, 5) is 11.7. The molecule has 1 heterocycles. The zero-order valence-corrected chi connectivity index (χ0v) is 14.5. The largest absolute Gasteiger partial charge is 0.491 e. The predicted octanol–water partition coefficient (Wildman–Crippen LogP) is 4.40. The number of methoxy groups -OCH3 is 1. The Kier molecular flexibility index (Phi) is 4.74. The third kappa shape index (κ3) is 3.65. The van der Waals surface area contributed by atoms with E-state index in [9.17, 15) is 9.18 Å². The van der Waals surface area contributed by atoms with Crippen molar-refractivity contribution in [2.45, 2.75) is 26.5 Å². The molecule has 2 aromatic carbocycles. The molecule has 25 heavy (non-hydrogen) atoms. The van der Waals surface area contributed by atoms with Gasteiger partial charge >= 0.3 is 5.97 Å². The highest BCUT2D eigenvalue weighted by Gasteiger charge is 2.11. The maximum absolute atomic E-state index is 13.6. The minimum Gasteiger partial charge on any atom is -0.491 e. The van der Waals surface area contributed by atoms with Gasteiger partial charge in [0.2, 0.25) is 0 Å². The standard InChI is InChI=1S/C20H20FNO3/c1-13(2)25-19-11-17(21)6-4-16(19)12-22-9-8-14-10-15(20(23)24-3)5-7-18(14)22/h4-11,13H,12H2,1-3H3. The molecule has 0 spiro atoms. The molecular formula is C20H20FNO3. The van der Waals surface area contributed by atoms with Crippen molar-refractivity contribution in [1.82, 2.24) is 4.57 Å². The van der Waals surface area contributed by atoms with Crippen molar-refractivity contribution < 1.29 is 18.7 Å². The molecule has 0 unspecified atom stereocenters. The topological polar surface area (TPSA) is 40.5 Å². The Morgan fingerprint density at radius 1 is 1.16 bits per heavy atom. The fourth-order valence-corrected chi connectivity index (χ4v) is 2.79. The number of ether oxygens (including phenoxy) is 2. The van der Waals surface area contributed by atoms with Gasteiger partial charge in [0.05, 0.1) is 25.3 Å². The molecule has 0 atom stereocenters. The normalized spacial score (nSPS) is 11.1. The summed E-state index contributed by atoms with van der Waals surface area (Å²) < 4.78 is 26.1. The van der Waals surface area contributed by atoms with Crippen molar-refractivity contribution in [3.63, 3.8) is 0 Å². The van der Waals surface area contributed by atoms with Gasteiger partial charge in [-0.25, -0.2) is 9.18 Å². The number of nitrogens with zero attached hydrogens (tertiary/aromatic N) is 1. The van der Waals surface area contributed by atoms with Gasteiger partial charge in [-0.2, -0.15) is 0 Å². The summed E-state index contributed by atoms with van der Waals surface area (Å²) in [5, 5.41) is 0.941. The number of carbonyl (C=O) groups is 1. The number of hydrogen-bond donors (Lipinski definition) is 0. The van der Waals surface area contributed by atoms with Crippen LogP contribution < -0.4 is 4.74 Å². The number of benzene rings is 2. The maximum atomic E-state index is 13.6. The van der Waals surface area contributed by atoms with Crippen LogP contribution in [0.25, 0.3) is 10.9 Å². The van der Waals surface area contributed by atoms with E-state index in [-0.39, 0.29) is 17.9 Å². The van der Waals surface area contributed by atoms with Gasteiger partial charge in [0.1, 0.15) is 11.6 Å². The van der Waals surface area contributed by atoms with Gasteiger partial charge in [0.15, 0.2) is 0 Å². The van der Waals surface area contributed by atoms with E-state index >= 15 is 0 Å². The van der Waals surface area contributed by atoms with Gasteiger partial charge in [0.25, 0.3) is 0 Å². The van der Waals surface area contributed by atoms with Crippen LogP contribution in [0.4, 0.5) is 4.39 Å². The second-order valence-corrected chi connectivity index (χ2v) is 6.13. The molecular weight excluding hydrogens is 321 g/mol. The van der Waals surface area contributed by atoms with Gasteiger partial charge in [-0.3, -0.25) is 0 Å². The van der Waals surface area contributed by atoms with Crippen LogP contribution in [0.1, 0.15) is 29.8 Å². The number of fused-ring (bicyclic) bond motifs is 1. The number of halogens is 1. The Balaban J connectivity index is 1.95. The second kappa shape index (κ2) is 6.97. The van der Waals surface area contributed by atoms with Crippen LogP contribution in [0.2, 0.25) is 0 Å². The van der Waals surface area contributed by atoms with E-state index < -0.39 is 0 Å². The van der Waals surface area contributed by atoms with E-state index in [1.165, 1.54) is 19.2 Å². The lowest BCUT2D eigenvalue weighted by Crippen LogP contribution is -2.09. The summed E-state index contributed by atoms with van der Waals surface area (Å²) in [5.74, 6) is -0.136. The highest BCUT2D eigenvalue weighted by atomic mass is 19.1. The molecule has 0 aliphatic carbocycles. The second-order valence-electron chi connectivity index (χ2n) is 6.13. The van der Waals surface area contributed by atoms with E-state index in [1.54, 1.807) is 18.2 Å². The summed E-state index contributed by atoms with van der Waals surface area (Å²) in [6, 6.07) is 11.9. The summed E-state index contributed by atoms with van der Waals surface area (Å²) in [5.41, 5.74) is 2.38. The molecule has 0 amide bonds. The number of rotatable bonds is 5. The monoisotopic (exact) mass is 341 g/mol. The lowest BCUT2D eigenvalue weighted by molar-refractivity contribution is 0.0601. The Bertz CT molecular complexity index is 914. The molecule has 0 saturated heterocycles. The van der Waals surface area contributed by atoms with Crippen LogP contribution in [-0.4, -0.2) is 23.8 Å². The SMILES string of the molecule is COC(=O)c1ccc2c(ccn2Cc2ccc(F)cc2OC(C)C)c1. The van der Waals surface area contributed by atoms with Crippen molar-refractivity contribution in [3.8, 4) is 5.75 Å². The molecule has 4 nitrogen and oxygen atoms in total. The van der Waals surface area contributed by atoms with E-state index in [0.717, 1.165) is 16.5 Å². The highest BCUT2D eigenvalue weighted by Crippen LogP contribution is 2.25. The molecule has 3 aromatic rings. The average molecular weight is 341 g/mol. The van der Waals surface area contributed by atoms with Crippen LogP contribution in [0.15, 0.2) is 48.7 Å². The zero-order valence-electron chi connectivity index (χ0n) is 14.5. The predicted molar refractivity (Wildman–Crippen MR) is 94.5 cm³/mol. The zero-order chi connectivity index (χ0) is 18.0. The van der Waals surface area contributed by atoms with Crippen molar-refractivity contribution in [3.05, 3.63) is 65.6 Å². The minimum atomic E-state index is -0.360. The minimum absolute atomic E-state index is 0.0374. The Hall–Kier alpha value is -2.82. The molecule has 0 radical (unpaired) electrons. The third-order valence-electron chi connectivity index (χ3n) is 3.92. The van der Waals surface area contributed by atoms with Crippen molar-refractivity contribution in [2.75, 3.05) is 7.11 Å². The molecule has 0 aliphatic heterocycles. The van der Waals surface area contributed by atoms with Crippen molar-refractivity contribution in [2.24, 2.45) is 0 Å². The highest BCUT2D eigenvalue weighted by molar-refractivity contribution is 5.94. The molecule has 1 aromatic heterocycles. The van der Waals surface area contributed by atoms with E-state index in [2.05, 4.69) is 0 Å². The number of hydrogen-bond acceptors (Lipinski definition) is 3. The van der Waals surface area contributed by atoms with Crippen LogP contribution in [0.5, 0.6) is 5.75 Å². The quantitative estimate of drug-likeness (QED) is 0.646. The third-order valence-corrected chi connectivity index (χ3v) is 3.92. The molecule has 0 saturated carbocycles. The first-order valence-corrected chi connectivity index (χ1v) is 8.10. The van der Waals surface area contributed by atoms with Crippen LogP contribution in [0, 0.1) is 5.82 Å². The van der Waals surface area contributed by atoms with Gasteiger partial charge in [-0.1, -0.05) is 6.07 Å². The van der Waals surface area contributed by atoms with Crippen LogP contribution >= 0.6 is 0 Å². The van der Waals surface area contributed by atoms with Gasteiger partial charge in [-0.05, 0) is 44.2 Å². The average Bonchev–Trinajstić information content (AvgIpc) is 2.98. The summed E-state index contributed by atoms with van der Waals surface area (Å²) in [6.45, 7) is 4.37. The van der Waals surface area contributed by atoms with Crippen molar-refractivity contribution in [1.29, 1.82) is 0 Å². The van der Waals surface area contributed by atoms with Crippen LogP contribution in [0.3, 0.4) is 0 Å². The molecule has 0 aliphatic rings. The number of esters is 1. The number of aromatic nitrogens is 1. The van der Waals surface area contributed by atoms with E-state index in [4.69, 9.17) is 9.47 Å². The summed E-state index contributed by atoms with van der Waals surface area (Å²) in [7, 11) is 1.36. The summed E-state index contributed by atoms with van der Waals surface area (Å²) >= 11 is 0. The molecule has 0 bridgehead atoms. The van der Waals surface area contributed by atoms with Gasteiger partial charge in [0, 0.05) is 28.7 Å². The van der Waals surface area contributed by atoms with E-state index in [0.29, 0.717) is 17.9 Å². The first kappa shape index (κ1) is 17.0. The fraction of sp³-hybridized carbons (Fsp3) is 0.250. The Morgan fingerprint density at radius 3 is 2.68 bits per heavy atom.